The number of hydrogen-bond acceptors (Lipinski definition) is 1. The molecule has 0 N–H and O–H groups in total. The maximum Gasteiger partial charge on any atom is 0.0685 e. The molecule has 56 valence electrons. The fourth-order valence-electron chi connectivity index (χ4n) is 1.20. The topological polar surface area (TPSA) is 17.8 Å². The Bertz CT molecular complexity index is 392. The highest BCUT2D eigenvalue weighted by molar-refractivity contribution is 7.28. The summed E-state index contributed by atoms with van der Waals surface area (Å²) in [6.45, 7) is 0. The van der Waals surface area contributed by atoms with Gasteiger partial charge in [0.15, 0.2) is 0 Å². The first-order valence-electron chi connectivity index (χ1n) is 3.45. The van der Waals surface area contributed by atoms with E-state index in [9.17, 15) is 0 Å². The van der Waals surface area contributed by atoms with E-state index in [1.807, 2.05) is 24.0 Å². The first-order valence-corrected chi connectivity index (χ1v) is 4.03. The van der Waals surface area contributed by atoms with E-state index in [2.05, 4.69) is 26.5 Å². The van der Waals surface area contributed by atoms with Crippen molar-refractivity contribution < 1.29 is 0 Å². The van der Waals surface area contributed by atoms with Crippen molar-refractivity contribution in [2.75, 3.05) is 0 Å². The van der Waals surface area contributed by atoms with Gasteiger partial charge in [0.2, 0.25) is 0 Å². The molecule has 1 unspecified atom stereocenters. The number of aryl methyl sites for hydroxylation is 1. The van der Waals surface area contributed by atoms with Crippen LogP contribution in [0.4, 0.5) is 0 Å². The first kappa shape index (κ1) is 6.81. The van der Waals surface area contributed by atoms with Crippen LogP contribution in [0.2, 0.25) is 0 Å². The number of nitrogens with zero attached hydrogens (tertiary/aromatic N) is 2. The first-order chi connectivity index (χ1) is 5.29. The van der Waals surface area contributed by atoms with Crippen molar-refractivity contribution in [1.29, 1.82) is 0 Å². The van der Waals surface area contributed by atoms with Crippen LogP contribution in [0.1, 0.15) is 0 Å². The zero-order valence-corrected chi connectivity index (χ0v) is 7.44. The second kappa shape index (κ2) is 2.31. The Balaban J connectivity index is 2.94. The lowest BCUT2D eigenvalue weighted by molar-refractivity contribution is 0.797. The van der Waals surface area contributed by atoms with Crippen LogP contribution in [0.25, 0.3) is 10.9 Å². The van der Waals surface area contributed by atoms with E-state index in [4.69, 9.17) is 0 Å². The Hall–Kier alpha value is -0.880. The molecule has 0 aliphatic carbocycles. The Morgan fingerprint density at radius 3 is 3.00 bits per heavy atom. The summed E-state index contributed by atoms with van der Waals surface area (Å²) in [5.41, 5.74) is 1.18. The van der Waals surface area contributed by atoms with E-state index < -0.39 is 0 Å². The quantitative estimate of drug-likeness (QED) is 0.532. The third kappa shape index (κ3) is 0.945. The highest BCUT2D eigenvalue weighted by atomic mass is 31.0. The van der Waals surface area contributed by atoms with Crippen molar-refractivity contribution in [1.82, 2.24) is 9.78 Å². The van der Waals surface area contributed by atoms with Gasteiger partial charge in [-0.1, -0.05) is 12.1 Å². The summed E-state index contributed by atoms with van der Waals surface area (Å²) in [4.78, 5) is 0. The lowest BCUT2D eigenvalue weighted by Gasteiger charge is -1.94. The lowest BCUT2D eigenvalue weighted by Crippen LogP contribution is -1.92. The van der Waals surface area contributed by atoms with Crippen LogP contribution in [0.15, 0.2) is 24.4 Å². The van der Waals surface area contributed by atoms with Gasteiger partial charge in [-0.05, 0) is 11.4 Å². The monoisotopic (exact) mass is 164 g/mol. The van der Waals surface area contributed by atoms with Crippen molar-refractivity contribution in [2.45, 2.75) is 0 Å². The van der Waals surface area contributed by atoms with Gasteiger partial charge in [-0.15, -0.1) is 9.24 Å². The number of fused-ring (bicyclic) bond motifs is 1. The van der Waals surface area contributed by atoms with Gasteiger partial charge in [-0.3, -0.25) is 4.68 Å². The van der Waals surface area contributed by atoms with Gasteiger partial charge < -0.3 is 0 Å². The molecule has 0 fully saturated rings. The van der Waals surface area contributed by atoms with Crippen LogP contribution >= 0.6 is 9.24 Å². The van der Waals surface area contributed by atoms with Crippen LogP contribution in [0.5, 0.6) is 0 Å². The van der Waals surface area contributed by atoms with Gasteiger partial charge in [-0.2, -0.15) is 5.10 Å². The zero-order valence-electron chi connectivity index (χ0n) is 6.28. The van der Waals surface area contributed by atoms with Gasteiger partial charge in [0, 0.05) is 12.4 Å². The van der Waals surface area contributed by atoms with E-state index in [0.717, 1.165) is 0 Å². The maximum absolute atomic E-state index is 4.16. The minimum absolute atomic E-state index is 1.18. The Morgan fingerprint density at radius 1 is 1.45 bits per heavy atom. The van der Waals surface area contributed by atoms with Crippen molar-refractivity contribution >= 4 is 25.4 Å². The second-order valence-corrected chi connectivity index (χ2v) is 3.17. The number of benzene rings is 1. The largest absolute Gasteiger partial charge is 0.268 e. The van der Waals surface area contributed by atoms with Crippen LogP contribution in [0, 0.1) is 0 Å². The maximum atomic E-state index is 4.16. The molecule has 0 radical (unpaired) electrons. The van der Waals surface area contributed by atoms with Gasteiger partial charge in [-0.25, -0.2) is 0 Å². The van der Waals surface area contributed by atoms with Crippen LogP contribution < -0.4 is 5.30 Å². The highest BCUT2D eigenvalue weighted by Crippen LogP contribution is 2.11. The lowest BCUT2D eigenvalue weighted by atomic mass is 10.2. The molecule has 1 aromatic heterocycles. The molecule has 11 heavy (non-hydrogen) atoms. The van der Waals surface area contributed by atoms with E-state index in [0.29, 0.717) is 0 Å². The molecule has 1 aromatic carbocycles. The SMILES string of the molecule is Cn1ncc2c(P)cccc21. The third-order valence-electron chi connectivity index (χ3n) is 1.83. The smallest absolute Gasteiger partial charge is 0.0685 e. The molecular weight excluding hydrogens is 155 g/mol. The minimum Gasteiger partial charge on any atom is -0.268 e. The fraction of sp³-hybridized carbons (Fsp3) is 0.125. The summed E-state index contributed by atoms with van der Waals surface area (Å²) >= 11 is 0. The molecule has 0 spiro atoms. The average molecular weight is 164 g/mol. The average Bonchev–Trinajstić information content (AvgIpc) is 2.35. The molecule has 0 amide bonds. The molecule has 0 saturated heterocycles. The standard InChI is InChI=1S/C8H9N2P/c1-10-7-3-2-4-8(11)6(7)5-9-10/h2-5H,11H2,1H3. The van der Waals surface area contributed by atoms with Crippen LogP contribution in [0.3, 0.4) is 0 Å². The van der Waals surface area contributed by atoms with Crippen molar-refractivity contribution in [3.63, 3.8) is 0 Å². The predicted octanol–water partition coefficient (Wildman–Crippen LogP) is 1.07. The van der Waals surface area contributed by atoms with E-state index in [1.165, 1.54) is 16.2 Å². The molecule has 0 aliphatic rings. The molecule has 2 nitrogen and oxygen atoms in total. The van der Waals surface area contributed by atoms with Crippen LogP contribution in [-0.4, -0.2) is 9.78 Å². The molecule has 0 aliphatic heterocycles. The van der Waals surface area contributed by atoms with Crippen LogP contribution in [-0.2, 0) is 7.05 Å². The molecule has 2 aromatic rings. The number of hydrogen-bond donors (Lipinski definition) is 0. The van der Waals surface area contributed by atoms with E-state index in [-0.39, 0.29) is 0 Å². The summed E-state index contributed by atoms with van der Waals surface area (Å²) in [5, 5.41) is 6.57. The van der Waals surface area contributed by atoms with Gasteiger partial charge >= 0.3 is 0 Å². The summed E-state index contributed by atoms with van der Waals surface area (Å²) in [7, 11) is 4.65. The molecule has 1 heterocycles. The van der Waals surface area contributed by atoms with E-state index in [1.54, 1.807) is 0 Å². The molecule has 2 rings (SSSR count). The summed E-state index contributed by atoms with van der Waals surface area (Å²) in [5.74, 6) is 0. The molecule has 0 bridgehead atoms. The number of aromatic nitrogens is 2. The molecular formula is C8H9N2P. The number of rotatable bonds is 0. The third-order valence-corrected chi connectivity index (χ3v) is 2.33. The second-order valence-electron chi connectivity index (χ2n) is 2.55. The van der Waals surface area contributed by atoms with Crippen molar-refractivity contribution in [3.05, 3.63) is 24.4 Å². The summed E-state index contributed by atoms with van der Waals surface area (Å²) < 4.78 is 1.88. The predicted molar refractivity (Wildman–Crippen MR) is 50.1 cm³/mol. The molecule has 1 atom stereocenters. The Kier molecular flexibility index (Phi) is 1.43. The van der Waals surface area contributed by atoms with Gasteiger partial charge in [0.05, 0.1) is 11.7 Å². The van der Waals surface area contributed by atoms with Gasteiger partial charge in [0.25, 0.3) is 0 Å². The van der Waals surface area contributed by atoms with E-state index >= 15 is 0 Å². The zero-order chi connectivity index (χ0) is 7.84. The normalized spacial score (nSPS) is 10.7. The summed E-state index contributed by atoms with van der Waals surface area (Å²) in [6.07, 6.45) is 1.89. The highest BCUT2D eigenvalue weighted by Gasteiger charge is 1.99. The van der Waals surface area contributed by atoms with Gasteiger partial charge in [0.1, 0.15) is 0 Å². The summed E-state index contributed by atoms with van der Waals surface area (Å²) in [6, 6.07) is 6.16. The Morgan fingerprint density at radius 2 is 2.27 bits per heavy atom. The molecule has 3 heteroatoms. The van der Waals surface area contributed by atoms with Crippen molar-refractivity contribution in [3.8, 4) is 0 Å². The van der Waals surface area contributed by atoms with Crippen molar-refractivity contribution in [2.24, 2.45) is 7.05 Å². The Labute approximate surface area is 67.4 Å². The fourth-order valence-corrected chi connectivity index (χ4v) is 1.53. The molecule has 0 saturated carbocycles. The minimum atomic E-state index is 1.18.